The minimum atomic E-state index is -0.237. The lowest BCUT2D eigenvalue weighted by Crippen LogP contribution is -2.34. The maximum Gasteiger partial charge on any atom is 0.262 e. The fourth-order valence-corrected chi connectivity index (χ4v) is 4.17. The first-order chi connectivity index (χ1) is 12.1. The molecule has 0 N–H and O–H groups in total. The summed E-state index contributed by atoms with van der Waals surface area (Å²) in [6.07, 6.45) is 4.09. The van der Waals surface area contributed by atoms with E-state index in [1.54, 1.807) is 4.57 Å². The number of aromatic nitrogens is 2. The van der Waals surface area contributed by atoms with Crippen LogP contribution in [0.3, 0.4) is 0 Å². The SMILES string of the molecule is CCCCn1c(SC(C)C(=O)N2CCCC2)nc2ccccc2c1=O. The van der Waals surface area contributed by atoms with Gasteiger partial charge in [-0.3, -0.25) is 14.2 Å². The number of benzene rings is 1. The molecule has 0 bridgehead atoms. The van der Waals surface area contributed by atoms with Crippen molar-refractivity contribution in [3.63, 3.8) is 0 Å². The smallest absolute Gasteiger partial charge is 0.262 e. The van der Waals surface area contributed by atoms with Crippen LogP contribution in [-0.2, 0) is 11.3 Å². The van der Waals surface area contributed by atoms with Crippen LogP contribution in [0.4, 0.5) is 0 Å². The minimum absolute atomic E-state index is 0.0117. The van der Waals surface area contributed by atoms with E-state index in [-0.39, 0.29) is 16.7 Å². The predicted molar refractivity (Wildman–Crippen MR) is 102 cm³/mol. The summed E-state index contributed by atoms with van der Waals surface area (Å²) in [6.45, 7) is 6.35. The lowest BCUT2D eigenvalue weighted by molar-refractivity contribution is -0.129. The molecule has 2 aromatic rings. The number of nitrogens with zero attached hydrogens (tertiary/aromatic N) is 3. The lowest BCUT2D eigenvalue weighted by Gasteiger charge is -2.21. The number of carbonyl (C=O) groups excluding carboxylic acids is 1. The van der Waals surface area contributed by atoms with Crippen LogP contribution in [0.5, 0.6) is 0 Å². The van der Waals surface area contributed by atoms with Gasteiger partial charge in [0, 0.05) is 19.6 Å². The fraction of sp³-hybridized carbons (Fsp3) is 0.526. The van der Waals surface area contributed by atoms with Crippen molar-refractivity contribution in [3.05, 3.63) is 34.6 Å². The van der Waals surface area contributed by atoms with Gasteiger partial charge in [-0.25, -0.2) is 4.98 Å². The maximum atomic E-state index is 12.9. The Labute approximate surface area is 152 Å². The van der Waals surface area contributed by atoms with Gasteiger partial charge in [-0.05, 0) is 38.3 Å². The van der Waals surface area contributed by atoms with Gasteiger partial charge in [0.25, 0.3) is 5.56 Å². The third-order valence-electron chi connectivity index (χ3n) is 4.61. The summed E-state index contributed by atoms with van der Waals surface area (Å²) in [5, 5.41) is 1.05. The summed E-state index contributed by atoms with van der Waals surface area (Å²) in [7, 11) is 0. The molecule has 1 saturated heterocycles. The van der Waals surface area contributed by atoms with Gasteiger partial charge in [0.2, 0.25) is 5.91 Å². The molecule has 25 heavy (non-hydrogen) atoms. The molecule has 0 saturated carbocycles. The monoisotopic (exact) mass is 359 g/mol. The third-order valence-corrected chi connectivity index (χ3v) is 5.69. The van der Waals surface area contributed by atoms with E-state index in [0.29, 0.717) is 22.6 Å². The van der Waals surface area contributed by atoms with Crippen LogP contribution in [0, 0.1) is 0 Å². The Bertz CT molecular complexity index is 812. The molecule has 1 aliphatic rings. The molecule has 2 heterocycles. The van der Waals surface area contributed by atoms with Gasteiger partial charge in [0.1, 0.15) is 0 Å². The number of carbonyl (C=O) groups is 1. The van der Waals surface area contributed by atoms with E-state index >= 15 is 0 Å². The highest BCUT2D eigenvalue weighted by atomic mass is 32.2. The molecular weight excluding hydrogens is 334 g/mol. The Kier molecular flexibility index (Phi) is 5.78. The molecule has 1 atom stereocenters. The fourth-order valence-electron chi connectivity index (χ4n) is 3.15. The molecule has 1 aliphatic heterocycles. The van der Waals surface area contributed by atoms with Gasteiger partial charge in [-0.2, -0.15) is 0 Å². The molecule has 1 fully saturated rings. The molecule has 6 heteroatoms. The summed E-state index contributed by atoms with van der Waals surface area (Å²) in [4.78, 5) is 32.1. The lowest BCUT2D eigenvalue weighted by atomic mass is 10.2. The van der Waals surface area contributed by atoms with Gasteiger partial charge < -0.3 is 4.90 Å². The van der Waals surface area contributed by atoms with Crippen molar-refractivity contribution in [2.45, 2.75) is 56.5 Å². The Morgan fingerprint density at radius 2 is 2.00 bits per heavy atom. The molecule has 3 rings (SSSR count). The highest BCUT2D eigenvalue weighted by Gasteiger charge is 2.25. The van der Waals surface area contributed by atoms with Crippen molar-refractivity contribution >= 4 is 28.6 Å². The van der Waals surface area contributed by atoms with Gasteiger partial charge in [0.05, 0.1) is 16.2 Å². The average Bonchev–Trinajstić information content (AvgIpc) is 3.15. The molecule has 1 aromatic heterocycles. The van der Waals surface area contributed by atoms with Crippen LogP contribution in [0.25, 0.3) is 10.9 Å². The zero-order valence-electron chi connectivity index (χ0n) is 14.9. The second-order valence-corrected chi connectivity index (χ2v) is 7.82. The summed E-state index contributed by atoms with van der Waals surface area (Å²) >= 11 is 1.41. The molecule has 0 aliphatic carbocycles. The number of hydrogen-bond donors (Lipinski definition) is 0. The summed E-state index contributed by atoms with van der Waals surface area (Å²) in [6, 6.07) is 7.43. The van der Waals surface area contributed by atoms with E-state index in [1.165, 1.54) is 11.8 Å². The summed E-state index contributed by atoms with van der Waals surface area (Å²) < 4.78 is 1.74. The Hall–Kier alpha value is -1.82. The van der Waals surface area contributed by atoms with Crippen LogP contribution in [-0.4, -0.2) is 38.7 Å². The Morgan fingerprint density at radius 1 is 1.28 bits per heavy atom. The van der Waals surface area contributed by atoms with Gasteiger partial charge >= 0.3 is 0 Å². The topological polar surface area (TPSA) is 55.2 Å². The van der Waals surface area contributed by atoms with Crippen LogP contribution < -0.4 is 5.56 Å². The third kappa shape index (κ3) is 3.89. The molecule has 0 radical (unpaired) electrons. The second kappa shape index (κ2) is 8.04. The van der Waals surface area contributed by atoms with Crippen LogP contribution in [0.15, 0.2) is 34.2 Å². The van der Waals surface area contributed by atoms with Gasteiger partial charge in [0.15, 0.2) is 5.16 Å². The quantitative estimate of drug-likeness (QED) is 0.587. The molecule has 1 amide bonds. The molecular formula is C19H25N3O2S. The average molecular weight is 359 g/mol. The van der Waals surface area contributed by atoms with Crippen LogP contribution >= 0.6 is 11.8 Å². The standard InChI is InChI=1S/C19H25N3O2S/c1-3-4-13-22-18(24)15-9-5-6-10-16(15)20-19(22)25-14(2)17(23)21-11-7-8-12-21/h5-6,9-10,14H,3-4,7-8,11-13H2,1-2H3. The molecule has 0 spiro atoms. The second-order valence-electron chi connectivity index (χ2n) is 6.51. The van der Waals surface area contributed by atoms with Crippen molar-refractivity contribution in [2.75, 3.05) is 13.1 Å². The van der Waals surface area contributed by atoms with Crippen molar-refractivity contribution in [1.29, 1.82) is 0 Å². The van der Waals surface area contributed by atoms with E-state index in [2.05, 4.69) is 6.92 Å². The van der Waals surface area contributed by atoms with Gasteiger partial charge in [-0.1, -0.05) is 37.2 Å². The normalized spacial score (nSPS) is 15.7. The van der Waals surface area contributed by atoms with E-state index < -0.39 is 0 Å². The zero-order valence-corrected chi connectivity index (χ0v) is 15.7. The molecule has 1 aromatic carbocycles. The number of rotatable bonds is 6. The molecule has 1 unspecified atom stereocenters. The number of hydrogen-bond acceptors (Lipinski definition) is 4. The van der Waals surface area contributed by atoms with Crippen molar-refractivity contribution in [3.8, 4) is 0 Å². The Balaban J connectivity index is 1.92. The minimum Gasteiger partial charge on any atom is -0.342 e. The predicted octanol–water partition coefficient (Wildman–Crippen LogP) is 3.30. The molecule has 134 valence electrons. The van der Waals surface area contributed by atoms with E-state index in [1.807, 2.05) is 36.1 Å². The van der Waals surface area contributed by atoms with Crippen molar-refractivity contribution in [1.82, 2.24) is 14.5 Å². The van der Waals surface area contributed by atoms with Crippen molar-refractivity contribution < 1.29 is 4.79 Å². The first-order valence-electron chi connectivity index (χ1n) is 9.07. The number of unbranched alkanes of at least 4 members (excludes halogenated alkanes) is 1. The van der Waals surface area contributed by atoms with E-state index in [4.69, 9.17) is 4.98 Å². The molecule has 5 nitrogen and oxygen atoms in total. The maximum absolute atomic E-state index is 12.9. The van der Waals surface area contributed by atoms with Crippen LogP contribution in [0.1, 0.15) is 39.5 Å². The number of para-hydroxylation sites is 1. The number of likely N-dealkylation sites (tertiary alicyclic amines) is 1. The van der Waals surface area contributed by atoms with E-state index in [0.717, 1.165) is 38.8 Å². The van der Waals surface area contributed by atoms with Gasteiger partial charge in [-0.15, -0.1) is 0 Å². The first-order valence-corrected chi connectivity index (χ1v) is 9.94. The summed E-state index contributed by atoms with van der Waals surface area (Å²) in [5.74, 6) is 0.145. The van der Waals surface area contributed by atoms with E-state index in [9.17, 15) is 9.59 Å². The largest absolute Gasteiger partial charge is 0.342 e. The first kappa shape index (κ1) is 18.0. The summed E-state index contributed by atoms with van der Waals surface area (Å²) in [5.41, 5.74) is 0.686. The number of thioether (sulfide) groups is 1. The number of fused-ring (bicyclic) bond motifs is 1. The van der Waals surface area contributed by atoms with Crippen LogP contribution in [0.2, 0.25) is 0 Å². The highest BCUT2D eigenvalue weighted by Crippen LogP contribution is 2.25. The number of amides is 1. The van der Waals surface area contributed by atoms with Crippen molar-refractivity contribution in [2.24, 2.45) is 0 Å². The zero-order chi connectivity index (χ0) is 17.8. The highest BCUT2D eigenvalue weighted by molar-refractivity contribution is 8.00. The Morgan fingerprint density at radius 3 is 2.72 bits per heavy atom.